The second-order valence-corrected chi connectivity index (χ2v) is 3.01. The minimum Gasteiger partial charge on any atom is -0.506 e. The Hall–Kier alpha value is -2.11. The maximum Gasteiger partial charge on any atom is 0.307 e. The molecule has 0 saturated heterocycles. The summed E-state index contributed by atoms with van der Waals surface area (Å²) in [7, 11) is 1.28. The lowest BCUT2D eigenvalue weighted by atomic mass is 10.2. The molecule has 1 heterocycles. The van der Waals surface area contributed by atoms with Crippen molar-refractivity contribution in [1.82, 2.24) is 10.3 Å². The van der Waals surface area contributed by atoms with Gasteiger partial charge in [-0.05, 0) is 6.07 Å². The minimum atomic E-state index is -0.396. The van der Waals surface area contributed by atoms with Crippen molar-refractivity contribution in [2.75, 3.05) is 13.7 Å². The van der Waals surface area contributed by atoms with Crippen molar-refractivity contribution in [1.29, 1.82) is 0 Å². The van der Waals surface area contributed by atoms with E-state index >= 15 is 0 Å². The van der Waals surface area contributed by atoms with Crippen LogP contribution < -0.4 is 5.32 Å². The molecular formula is C10H12N2O4. The molecule has 0 aliphatic rings. The highest BCUT2D eigenvalue weighted by Crippen LogP contribution is 2.07. The van der Waals surface area contributed by atoms with Gasteiger partial charge in [-0.3, -0.25) is 14.6 Å². The Morgan fingerprint density at radius 3 is 2.88 bits per heavy atom. The normalized spacial score (nSPS) is 9.56. The fourth-order valence-electron chi connectivity index (χ4n) is 1.03. The molecule has 0 aliphatic heterocycles. The van der Waals surface area contributed by atoms with Crippen molar-refractivity contribution in [3.8, 4) is 5.75 Å². The van der Waals surface area contributed by atoms with Gasteiger partial charge in [0.15, 0.2) is 0 Å². The van der Waals surface area contributed by atoms with Crippen molar-refractivity contribution in [2.45, 2.75) is 6.42 Å². The molecule has 1 aromatic rings. The number of carbonyl (C=O) groups is 2. The van der Waals surface area contributed by atoms with E-state index in [1.807, 2.05) is 0 Å². The first-order chi connectivity index (χ1) is 7.63. The molecule has 0 fully saturated rings. The third-order valence-electron chi connectivity index (χ3n) is 1.83. The van der Waals surface area contributed by atoms with Crippen LogP contribution in [0.3, 0.4) is 0 Å². The summed E-state index contributed by atoms with van der Waals surface area (Å²) in [6.07, 6.45) is 2.66. The van der Waals surface area contributed by atoms with E-state index < -0.39 is 11.9 Å². The second kappa shape index (κ2) is 5.69. The van der Waals surface area contributed by atoms with E-state index in [0.717, 1.165) is 0 Å². The fraction of sp³-hybridized carbons (Fsp3) is 0.300. The Morgan fingerprint density at radius 1 is 1.50 bits per heavy atom. The first-order valence-electron chi connectivity index (χ1n) is 4.62. The SMILES string of the molecule is COC(=O)CCNC(=O)c1cncc(O)c1. The van der Waals surface area contributed by atoms with Crippen LogP contribution in [0.5, 0.6) is 5.75 Å². The number of carbonyl (C=O) groups excluding carboxylic acids is 2. The van der Waals surface area contributed by atoms with E-state index in [9.17, 15) is 9.59 Å². The number of rotatable bonds is 4. The van der Waals surface area contributed by atoms with Crippen molar-refractivity contribution in [3.05, 3.63) is 24.0 Å². The lowest BCUT2D eigenvalue weighted by Crippen LogP contribution is -2.26. The number of hydrogen-bond donors (Lipinski definition) is 2. The van der Waals surface area contributed by atoms with Gasteiger partial charge in [0.2, 0.25) is 0 Å². The molecule has 16 heavy (non-hydrogen) atoms. The summed E-state index contributed by atoms with van der Waals surface area (Å²) in [6, 6.07) is 1.29. The first-order valence-corrected chi connectivity index (χ1v) is 4.62. The zero-order chi connectivity index (χ0) is 12.0. The Morgan fingerprint density at radius 2 is 2.25 bits per heavy atom. The monoisotopic (exact) mass is 224 g/mol. The van der Waals surface area contributed by atoms with E-state index in [2.05, 4.69) is 15.0 Å². The summed E-state index contributed by atoms with van der Waals surface area (Å²) in [5.74, 6) is -0.873. The van der Waals surface area contributed by atoms with E-state index in [4.69, 9.17) is 5.11 Å². The first kappa shape index (κ1) is 12.0. The summed E-state index contributed by atoms with van der Waals surface area (Å²) < 4.78 is 4.41. The zero-order valence-electron chi connectivity index (χ0n) is 8.77. The molecule has 6 heteroatoms. The molecule has 0 aliphatic carbocycles. The fourth-order valence-corrected chi connectivity index (χ4v) is 1.03. The Bertz CT molecular complexity index is 392. The van der Waals surface area contributed by atoms with E-state index in [-0.39, 0.29) is 24.3 Å². The van der Waals surface area contributed by atoms with Crippen LogP contribution in [0, 0.1) is 0 Å². The molecule has 0 saturated carbocycles. The van der Waals surface area contributed by atoms with Gasteiger partial charge in [0.25, 0.3) is 5.91 Å². The van der Waals surface area contributed by atoms with E-state index in [1.165, 1.54) is 25.6 Å². The number of aromatic nitrogens is 1. The number of nitrogens with one attached hydrogen (secondary N) is 1. The topological polar surface area (TPSA) is 88.5 Å². The average molecular weight is 224 g/mol. The van der Waals surface area contributed by atoms with Crippen LogP contribution in [0.1, 0.15) is 16.8 Å². The highest BCUT2D eigenvalue weighted by molar-refractivity contribution is 5.94. The summed E-state index contributed by atoms with van der Waals surface area (Å²) in [4.78, 5) is 25.9. The number of ether oxygens (including phenoxy) is 1. The number of esters is 1. The molecule has 0 spiro atoms. The Balaban J connectivity index is 2.44. The van der Waals surface area contributed by atoms with Gasteiger partial charge in [-0.15, -0.1) is 0 Å². The van der Waals surface area contributed by atoms with Crippen molar-refractivity contribution in [2.24, 2.45) is 0 Å². The van der Waals surface area contributed by atoms with Crippen LogP contribution in [0.2, 0.25) is 0 Å². The molecule has 0 unspecified atom stereocenters. The summed E-state index contributed by atoms with van der Waals surface area (Å²) in [5.41, 5.74) is 0.241. The molecule has 2 N–H and O–H groups in total. The molecule has 1 rings (SSSR count). The van der Waals surface area contributed by atoms with E-state index in [1.54, 1.807) is 0 Å². The molecule has 86 valence electrons. The van der Waals surface area contributed by atoms with E-state index in [0.29, 0.717) is 0 Å². The highest BCUT2D eigenvalue weighted by atomic mass is 16.5. The van der Waals surface area contributed by atoms with Gasteiger partial charge in [0.05, 0.1) is 25.3 Å². The largest absolute Gasteiger partial charge is 0.506 e. The lowest BCUT2D eigenvalue weighted by molar-refractivity contribution is -0.140. The second-order valence-electron chi connectivity index (χ2n) is 3.01. The predicted molar refractivity (Wildman–Crippen MR) is 54.9 cm³/mol. The van der Waals surface area contributed by atoms with Crippen LogP contribution in [0.15, 0.2) is 18.5 Å². The van der Waals surface area contributed by atoms with Gasteiger partial charge in [-0.2, -0.15) is 0 Å². The molecule has 0 radical (unpaired) electrons. The van der Waals surface area contributed by atoms with Crippen molar-refractivity contribution >= 4 is 11.9 Å². The molecular weight excluding hydrogens is 212 g/mol. The molecule has 1 aromatic heterocycles. The number of methoxy groups -OCH3 is 1. The van der Waals surface area contributed by atoms with Crippen molar-refractivity contribution in [3.63, 3.8) is 0 Å². The molecule has 0 bridgehead atoms. The number of amides is 1. The van der Waals surface area contributed by atoms with Gasteiger partial charge in [0.1, 0.15) is 5.75 Å². The highest BCUT2D eigenvalue weighted by Gasteiger charge is 2.07. The maximum absolute atomic E-state index is 11.5. The smallest absolute Gasteiger partial charge is 0.307 e. The van der Waals surface area contributed by atoms with Crippen LogP contribution >= 0.6 is 0 Å². The number of hydrogen-bond acceptors (Lipinski definition) is 5. The third-order valence-corrected chi connectivity index (χ3v) is 1.83. The number of nitrogens with zero attached hydrogens (tertiary/aromatic N) is 1. The average Bonchev–Trinajstić information content (AvgIpc) is 2.28. The van der Waals surface area contributed by atoms with Crippen LogP contribution in [-0.4, -0.2) is 35.6 Å². The van der Waals surface area contributed by atoms with Crippen LogP contribution in [0.25, 0.3) is 0 Å². The van der Waals surface area contributed by atoms with Gasteiger partial charge in [-0.1, -0.05) is 0 Å². The summed E-state index contributed by atoms with van der Waals surface area (Å²) in [6.45, 7) is 0.182. The zero-order valence-corrected chi connectivity index (χ0v) is 8.77. The lowest BCUT2D eigenvalue weighted by Gasteiger charge is -2.04. The number of pyridine rings is 1. The van der Waals surface area contributed by atoms with Crippen LogP contribution in [-0.2, 0) is 9.53 Å². The quantitative estimate of drug-likeness (QED) is 0.707. The molecule has 1 amide bonds. The third kappa shape index (κ3) is 3.56. The van der Waals surface area contributed by atoms with Gasteiger partial charge in [-0.25, -0.2) is 0 Å². The van der Waals surface area contributed by atoms with Crippen molar-refractivity contribution < 1.29 is 19.4 Å². The summed E-state index contributed by atoms with van der Waals surface area (Å²) >= 11 is 0. The summed E-state index contributed by atoms with van der Waals surface area (Å²) in [5, 5.41) is 11.6. The molecule has 0 atom stereocenters. The standard InChI is InChI=1S/C10H12N2O4/c1-16-9(14)2-3-12-10(15)7-4-8(13)6-11-5-7/h4-6,13H,2-3H2,1H3,(H,12,15). The Labute approximate surface area is 92.3 Å². The maximum atomic E-state index is 11.5. The minimum absolute atomic E-state index is 0.0828. The van der Waals surface area contributed by atoms with Gasteiger partial charge >= 0.3 is 5.97 Å². The molecule has 0 aromatic carbocycles. The van der Waals surface area contributed by atoms with Crippen LogP contribution in [0.4, 0.5) is 0 Å². The van der Waals surface area contributed by atoms with Gasteiger partial charge in [0, 0.05) is 12.7 Å². The molecule has 6 nitrogen and oxygen atoms in total. The predicted octanol–water partition coefficient (Wildman–Crippen LogP) is 0.0801. The van der Waals surface area contributed by atoms with Gasteiger partial charge < -0.3 is 15.2 Å². The number of aromatic hydroxyl groups is 1. The Kier molecular flexibility index (Phi) is 4.26.